The number of nitro benzene ring substituents is 1. The van der Waals surface area contributed by atoms with Gasteiger partial charge in [0.25, 0.3) is 0 Å². The second-order valence-electron chi connectivity index (χ2n) is 3.43. The minimum atomic E-state index is -4.29. The quantitative estimate of drug-likeness (QED) is 0.375. The van der Waals surface area contributed by atoms with Gasteiger partial charge in [0.2, 0.25) is 15.8 Å². The second kappa shape index (κ2) is 6.22. The fourth-order valence-corrected chi connectivity index (χ4v) is 2.50. The summed E-state index contributed by atoms with van der Waals surface area (Å²) in [4.78, 5) is 8.37. The fourth-order valence-electron chi connectivity index (χ4n) is 1.22. The molecule has 0 aromatic heterocycles. The Balaban J connectivity index is 3.19. The molecule has 1 aromatic rings. The lowest BCUT2D eigenvalue weighted by Gasteiger charge is -2.07. The summed E-state index contributed by atoms with van der Waals surface area (Å²) in [5.41, 5.74) is -1.11. The van der Waals surface area contributed by atoms with Gasteiger partial charge < -0.3 is 0 Å². The number of halogens is 3. The summed E-state index contributed by atoms with van der Waals surface area (Å²) in [6, 6.07) is 0.502. The molecule has 19 heavy (non-hydrogen) atoms. The first-order chi connectivity index (χ1) is 8.79. The number of nitrogens with zero attached hydrogens (tertiary/aromatic N) is 1. The van der Waals surface area contributed by atoms with E-state index >= 15 is 0 Å². The molecule has 0 atom stereocenters. The van der Waals surface area contributed by atoms with E-state index in [2.05, 4.69) is 0 Å². The number of alkyl halides is 1. The summed E-state index contributed by atoms with van der Waals surface area (Å²) in [5, 5.41) is 10.5. The topological polar surface area (TPSA) is 89.3 Å². The average Bonchev–Trinajstić information content (AvgIpc) is 2.28. The second-order valence-corrected chi connectivity index (χ2v) is 5.54. The molecule has 1 rings (SSSR count). The van der Waals surface area contributed by atoms with Gasteiger partial charge in [-0.15, -0.1) is 11.6 Å². The van der Waals surface area contributed by atoms with Crippen LogP contribution >= 0.6 is 11.6 Å². The molecule has 0 aliphatic carbocycles. The Bertz CT molecular complexity index is 594. The number of benzene rings is 1. The molecule has 0 unspecified atom stereocenters. The molecule has 0 fully saturated rings. The first-order valence-electron chi connectivity index (χ1n) is 4.98. The molecule has 0 heterocycles. The van der Waals surface area contributed by atoms with Crippen molar-refractivity contribution >= 4 is 27.3 Å². The van der Waals surface area contributed by atoms with Crippen LogP contribution in [0.25, 0.3) is 0 Å². The number of nitrogens with one attached hydrogen (secondary N) is 1. The van der Waals surface area contributed by atoms with Crippen molar-refractivity contribution in [2.45, 2.75) is 11.3 Å². The number of sulfonamides is 1. The number of hydrogen-bond donors (Lipinski definition) is 1. The highest BCUT2D eigenvalue weighted by Gasteiger charge is 2.25. The molecule has 0 bridgehead atoms. The van der Waals surface area contributed by atoms with Crippen molar-refractivity contribution in [3.8, 4) is 0 Å². The molecule has 0 saturated heterocycles. The highest BCUT2D eigenvalue weighted by atomic mass is 35.5. The van der Waals surface area contributed by atoms with Gasteiger partial charge in [0.15, 0.2) is 0 Å². The third-order valence-corrected chi connectivity index (χ3v) is 3.83. The van der Waals surface area contributed by atoms with Crippen molar-refractivity contribution in [3.05, 3.63) is 33.9 Å². The van der Waals surface area contributed by atoms with Gasteiger partial charge in [-0.3, -0.25) is 10.1 Å². The molecule has 0 aliphatic rings. The van der Waals surface area contributed by atoms with Crippen LogP contribution in [0.4, 0.5) is 14.5 Å². The maximum atomic E-state index is 13.4. The van der Waals surface area contributed by atoms with Crippen LogP contribution in [0, 0.1) is 21.7 Å². The van der Waals surface area contributed by atoms with Crippen LogP contribution in [0.5, 0.6) is 0 Å². The van der Waals surface area contributed by atoms with E-state index in [1.165, 1.54) is 0 Å². The van der Waals surface area contributed by atoms with Gasteiger partial charge in [-0.25, -0.2) is 17.5 Å². The summed E-state index contributed by atoms with van der Waals surface area (Å²) >= 11 is 5.35. The Hall–Kier alpha value is -1.32. The van der Waals surface area contributed by atoms with Crippen LogP contribution in [0.1, 0.15) is 6.42 Å². The van der Waals surface area contributed by atoms with Crippen LogP contribution in [0.2, 0.25) is 0 Å². The molecule has 0 spiro atoms. The predicted octanol–water partition coefficient (Wildman–Crippen LogP) is 1.78. The maximum Gasteiger partial charge on any atom is 0.306 e. The Kier molecular flexibility index (Phi) is 5.15. The van der Waals surface area contributed by atoms with E-state index in [1.54, 1.807) is 0 Å². The van der Waals surface area contributed by atoms with Crippen molar-refractivity contribution in [1.29, 1.82) is 0 Å². The third-order valence-electron chi connectivity index (χ3n) is 2.09. The van der Waals surface area contributed by atoms with Gasteiger partial charge in [0.1, 0.15) is 10.7 Å². The number of hydrogen-bond acceptors (Lipinski definition) is 4. The highest BCUT2D eigenvalue weighted by molar-refractivity contribution is 7.89. The highest BCUT2D eigenvalue weighted by Crippen LogP contribution is 2.24. The SMILES string of the molecule is O=[N+]([O-])c1cc(S(=O)(=O)NCCCCl)c(F)cc1F. The molecule has 0 aliphatic heterocycles. The largest absolute Gasteiger partial charge is 0.306 e. The van der Waals surface area contributed by atoms with Crippen molar-refractivity contribution in [3.63, 3.8) is 0 Å². The molecular weight excluding hydrogens is 306 g/mol. The molecule has 6 nitrogen and oxygen atoms in total. The normalized spacial score (nSPS) is 11.5. The molecule has 1 aromatic carbocycles. The Morgan fingerprint density at radius 1 is 1.32 bits per heavy atom. The Morgan fingerprint density at radius 2 is 1.95 bits per heavy atom. The van der Waals surface area contributed by atoms with Crippen LogP contribution < -0.4 is 4.72 Å². The zero-order valence-electron chi connectivity index (χ0n) is 9.40. The summed E-state index contributed by atoms with van der Waals surface area (Å²) in [6.45, 7) is -0.0591. The third kappa shape index (κ3) is 3.82. The van der Waals surface area contributed by atoms with Crippen LogP contribution in [-0.2, 0) is 10.0 Å². The van der Waals surface area contributed by atoms with E-state index in [4.69, 9.17) is 11.6 Å². The van der Waals surface area contributed by atoms with E-state index in [1.807, 2.05) is 4.72 Å². The number of rotatable bonds is 6. The van der Waals surface area contributed by atoms with Crippen LogP contribution in [-0.4, -0.2) is 25.8 Å². The smallest absolute Gasteiger partial charge is 0.258 e. The molecule has 0 radical (unpaired) electrons. The van der Waals surface area contributed by atoms with E-state index in [9.17, 15) is 27.3 Å². The van der Waals surface area contributed by atoms with E-state index in [0.29, 0.717) is 12.5 Å². The van der Waals surface area contributed by atoms with Crippen LogP contribution in [0.3, 0.4) is 0 Å². The van der Waals surface area contributed by atoms with Crippen molar-refractivity contribution in [2.24, 2.45) is 0 Å². The van der Waals surface area contributed by atoms with Gasteiger partial charge >= 0.3 is 5.69 Å². The molecular formula is C9H9ClF2N2O4S. The van der Waals surface area contributed by atoms with Crippen LogP contribution in [0.15, 0.2) is 17.0 Å². The first kappa shape index (κ1) is 15.7. The average molecular weight is 315 g/mol. The van der Waals surface area contributed by atoms with E-state index in [-0.39, 0.29) is 18.5 Å². The Morgan fingerprint density at radius 3 is 2.47 bits per heavy atom. The molecule has 10 heteroatoms. The maximum absolute atomic E-state index is 13.4. The molecule has 1 N–H and O–H groups in total. The minimum absolute atomic E-state index is 0.0591. The standard InChI is InChI=1S/C9H9ClF2N2O4S/c10-2-1-3-13-19(17,18)9-5-8(14(15)16)6(11)4-7(9)12/h4-5,13H,1-3H2. The van der Waals surface area contributed by atoms with Gasteiger partial charge in [-0.05, 0) is 6.42 Å². The Labute approximate surface area is 112 Å². The van der Waals surface area contributed by atoms with Gasteiger partial charge in [0, 0.05) is 24.6 Å². The molecule has 0 saturated carbocycles. The van der Waals surface area contributed by atoms with Gasteiger partial charge in [-0.1, -0.05) is 0 Å². The summed E-state index contributed by atoms with van der Waals surface area (Å²) in [6.07, 6.45) is 0.297. The lowest BCUT2D eigenvalue weighted by atomic mass is 10.3. The lowest BCUT2D eigenvalue weighted by molar-refractivity contribution is -0.387. The van der Waals surface area contributed by atoms with E-state index < -0.39 is 37.2 Å². The lowest BCUT2D eigenvalue weighted by Crippen LogP contribution is -2.26. The fraction of sp³-hybridized carbons (Fsp3) is 0.333. The van der Waals surface area contributed by atoms with E-state index in [0.717, 1.165) is 0 Å². The van der Waals surface area contributed by atoms with Crippen molar-refractivity contribution in [2.75, 3.05) is 12.4 Å². The van der Waals surface area contributed by atoms with Crippen molar-refractivity contribution in [1.82, 2.24) is 4.72 Å². The van der Waals surface area contributed by atoms with Gasteiger partial charge in [-0.2, -0.15) is 4.39 Å². The first-order valence-corrected chi connectivity index (χ1v) is 7.00. The van der Waals surface area contributed by atoms with Crippen molar-refractivity contribution < 1.29 is 22.1 Å². The zero-order valence-corrected chi connectivity index (χ0v) is 11.0. The monoisotopic (exact) mass is 314 g/mol. The predicted molar refractivity (Wildman–Crippen MR) is 63.5 cm³/mol. The molecule has 106 valence electrons. The summed E-state index contributed by atoms with van der Waals surface area (Å²) in [5.74, 6) is -2.65. The molecule has 0 amide bonds. The number of nitro groups is 1. The van der Waals surface area contributed by atoms with Gasteiger partial charge in [0.05, 0.1) is 4.92 Å². The summed E-state index contributed by atoms with van der Waals surface area (Å²) in [7, 11) is -4.29. The summed E-state index contributed by atoms with van der Waals surface area (Å²) < 4.78 is 51.8. The zero-order chi connectivity index (χ0) is 14.6. The minimum Gasteiger partial charge on any atom is -0.258 e.